The molecule has 0 heterocycles. The average Bonchev–Trinajstić information content (AvgIpc) is 2.51. The topological polar surface area (TPSA) is 73.9 Å². The van der Waals surface area contributed by atoms with Crippen molar-refractivity contribution in [3.63, 3.8) is 0 Å². The molecule has 0 spiro atoms. The molecule has 1 amide bonds. The summed E-state index contributed by atoms with van der Waals surface area (Å²) in [6, 6.07) is 0. The zero-order valence-corrected chi connectivity index (χ0v) is 16.1. The number of hydrogen-bond donors (Lipinski definition) is 1. The van der Waals surface area contributed by atoms with E-state index in [0.717, 1.165) is 0 Å². The van der Waals surface area contributed by atoms with Crippen molar-refractivity contribution in [2.24, 2.45) is 0 Å². The molecule has 1 N–H and O–H groups in total. The molecule has 0 fully saturated rings. The van der Waals surface area contributed by atoms with E-state index in [1.807, 2.05) is 0 Å². The lowest BCUT2D eigenvalue weighted by molar-refractivity contribution is -0.280. The third kappa shape index (κ3) is 6.25. The Morgan fingerprint density at radius 3 is 1.59 bits per heavy atom. The van der Waals surface area contributed by atoms with Gasteiger partial charge in [0.05, 0.1) is 19.8 Å². The molecule has 6 nitrogen and oxygen atoms in total. The van der Waals surface area contributed by atoms with Crippen LogP contribution in [0.2, 0.25) is 0 Å². The molecule has 0 aliphatic heterocycles. The van der Waals surface area contributed by atoms with Crippen LogP contribution in [0.25, 0.3) is 0 Å². The molecule has 0 unspecified atom stereocenters. The molecule has 0 aromatic heterocycles. The number of hydrogen-bond acceptors (Lipinski definition) is 5. The molecule has 0 aliphatic rings. The smallest absolute Gasteiger partial charge is 0.432 e. The van der Waals surface area contributed by atoms with Crippen LogP contribution in [0, 0.1) is 0 Å². The number of amides is 1. The Morgan fingerprint density at radius 2 is 1.30 bits per heavy atom. The van der Waals surface area contributed by atoms with Crippen molar-refractivity contribution in [2.45, 2.75) is 64.1 Å². The Hall–Kier alpha value is -1.00. The molecule has 0 radical (unpaired) electrons. The Kier molecular flexibility index (Phi) is 10.1. The van der Waals surface area contributed by atoms with Crippen LogP contribution in [0.3, 0.4) is 0 Å². The van der Waals surface area contributed by atoms with Crippen molar-refractivity contribution in [2.75, 3.05) is 19.8 Å². The summed E-state index contributed by atoms with van der Waals surface area (Å²) in [6.07, 6.45) is -13.8. The van der Waals surface area contributed by atoms with Gasteiger partial charge in [0.15, 0.2) is 0 Å². The van der Waals surface area contributed by atoms with Crippen LogP contribution >= 0.6 is 7.60 Å². The zero-order valence-electron chi connectivity index (χ0n) is 15.2. The van der Waals surface area contributed by atoms with E-state index in [-0.39, 0.29) is 12.8 Å². The summed E-state index contributed by atoms with van der Waals surface area (Å²) in [6.45, 7) is 2.51. The number of carbonyl (C=O) groups is 1. The second kappa shape index (κ2) is 10.5. The van der Waals surface area contributed by atoms with Crippen LogP contribution in [0.1, 0.15) is 46.5 Å². The molecule has 162 valence electrons. The second-order valence-corrected chi connectivity index (χ2v) is 7.60. The maximum atomic E-state index is 13.7. The molecule has 0 aromatic carbocycles. The first kappa shape index (κ1) is 26.0. The molecule has 0 atom stereocenters. The maximum Gasteiger partial charge on any atom is 0.432 e. The minimum absolute atomic E-state index is 0.0341. The number of unbranched alkanes of at least 4 members (excludes halogenated alkanes) is 2. The predicted octanol–water partition coefficient (Wildman–Crippen LogP) is 5.38. The SMILES string of the molecule is CCCCOP(=O)(OCCCC)C(NC(=O)OCC)(C(F)(F)F)C(F)(F)F. The standard InChI is InChI=1S/C14H24F6NO5P/c1-4-7-9-25-27(23,26-10-8-5-2)12(13(15,16)17,14(18,19)20)21-11(22)24-6-3/h4-10H2,1-3H3,(H,21,22). The molecule has 0 aromatic rings. The Balaban J connectivity index is 6.37. The highest BCUT2D eigenvalue weighted by Crippen LogP contribution is 2.69. The molecule has 0 aliphatic carbocycles. The Morgan fingerprint density at radius 1 is 0.889 bits per heavy atom. The molecular formula is C14H24F6NO5P. The van der Waals surface area contributed by atoms with Gasteiger partial charge in [0.1, 0.15) is 0 Å². The van der Waals surface area contributed by atoms with Gasteiger partial charge in [-0.3, -0.25) is 9.88 Å². The summed E-state index contributed by atoms with van der Waals surface area (Å²) in [5.41, 5.74) is 0. The van der Waals surface area contributed by atoms with E-state index >= 15 is 0 Å². The summed E-state index contributed by atoms with van der Waals surface area (Å²) in [4.78, 5) is 11.5. The van der Waals surface area contributed by atoms with E-state index in [1.54, 1.807) is 13.8 Å². The van der Waals surface area contributed by atoms with Gasteiger partial charge in [-0.2, -0.15) is 26.3 Å². The fraction of sp³-hybridized carbons (Fsp3) is 0.929. The first-order valence-corrected chi connectivity index (χ1v) is 9.84. The van der Waals surface area contributed by atoms with Crippen molar-refractivity contribution < 1.29 is 49.5 Å². The van der Waals surface area contributed by atoms with Crippen molar-refractivity contribution in [3.8, 4) is 0 Å². The normalized spacial score (nSPS) is 13.5. The fourth-order valence-electron chi connectivity index (χ4n) is 1.89. The van der Waals surface area contributed by atoms with Gasteiger partial charge in [-0.1, -0.05) is 26.7 Å². The second-order valence-electron chi connectivity index (χ2n) is 5.42. The van der Waals surface area contributed by atoms with Gasteiger partial charge in [-0.25, -0.2) is 4.79 Å². The zero-order chi connectivity index (χ0) is 21.4. The maximum absolute atomic E-state index is 13.7. The number of nitrogens with one attached hydrogen (secondary N) is 1. The van der Waals surface area contributed by atoms with Gasteiger partial charge in [0, 0.05) is 0 Å². The van der Waals surface area contributed by atoms with Crippen molar-refractivity contribution >= 4 is 13.7 Å². The van der Waals surface area contributed by atoms with E-state index < -0.39 is 51.1 Å². The Labute approximate surface area is 153 Å². The highest BCUT2D eigenvalue weighted by molar-refractivity contribution is 7.55. The van der Waals surface area contributed by atoms with E-state index in [2.05, 4.69) is 13.8 Å². The van der Waals surface area contributed by atoms with Crippen LogP contribution in [-0.4, -0.2) is 43.5 Å². The average molecular weight is 431 g/mol. The quantitative estimate of drug-likeness (QED) is 0.270. The monoisotopic (exact) mass is 431 g/mol. The van der Waals surface area contributed by atoms with Crippen molar-refractivity contribution in [3.05, 3.63) is 0 Å². The molecule has 0 saturated heterocycles. The number of carbonyl (C=O) groups excluding carboxylic acids is 1. The van der Waals surface area contributed by atoms with E-state index in [0.29, 0.717) is 18.2 Å². The molecule has 13 heteroatoms. The number of halogens is 6. The van der Waals surface area contributed by atoms with E-state index in [4.69, 9.17) is 0 Å². The van der Waals surface area contributed by atoms with Crippen molar-refractivity contribution in [1.82, 2.24) is 5.32 Å². The van der Waals surface area contributed by atoms with Gasteiger partial charge in [-0.05, 0) is 19.8 Å². The third-order valence-corrected chi connectivity index (χ3v) is 5.79. The van der Waals surface area contributed by atoms with E-state index in [9.17, 15) is 35.7 Å². The van der Waals surface area contributed by atoms with Crippen LogP contribution in [0.15, 0.2) is 0 Å². The molecule has 0 bridgehead atoms. The lowest BCUT2D eigenvalue weighted by atomic mass is 10.2. The van der Waals surface area contributed by atoms with Gasteiger partial charge >= 0.3 is 31.3 Å². The summed E-state index contributed by atoms with van der Waals surface area (Å²) < 4.78 is 108. The highest BCUT2D eigenvalue weighted by Gasteiger charge is 2.83. The number of rotatable bonds is 11. The number of alkyl carbamates (subject to hydrolysis) is 1. The van der Waals surface area contributed by atoms with Gasteiger partial charge < -0.3 is 13.8 Å². The molecular weight excluding hydrogens is 407 g/mol. The van der Waals surface area contributed by atoms with Crippen LogP contribution in [0.5, 0.6) is 0 Å². The summed E-state index contributed by atoms with van der Waals surface area (Å²) in [5.74, 6) is 0. The third-order valence-electron chi connectivity index (χ3n) is 3.31. The minimum Gasteiger partial charge on any atom is -0.450 e. The fourth-order valence-corrected chi connectivity index (χ4v) is 3.94. The predicted molar refractivity (Wildman–Crippen MR) is 84.3 cm³/mol. The lowest BCUT2D eigenvalue weighted by Gasteiger charge is -2.40. The van der Waals surface area contributed by atoms with E-state index in [1.165, 1.54) is 6.92 Å². The summed E-state index contributed by atoms with van der Waals surface area (Å²) in [5, 5.41) is -4.58. The number of alkyl halides is 6. The number of ether oxygens (including phenoxy) is 1. The summed E-state index contributed by atoms with van der Waals surface area (Å²) in [7, 11) is -6.00. The first-order valence-electron chi connectivity index (χ1n) is 8.30. The van der Waals surface area contributed by atoms with Gasteiger partial charge in [0.25, 0.3) is 0 Å². The van der Waals surface area contributed by atoms with Gasteiger partial charge in [-0.15, -0.1) is 0 Å². The largest absolute Gasteiger partial charge is 0.450 e. The van der Waals surface area contributed by atoms with Crippen LogP contribution in [0.4, 0.5) is 31.1 Å². The highest BCUT2D eigenvalue weighted by atomic mass is 31.2. The minimum atomic E-state index is -6.24. The molecule has 0 saturated carbocycles. The first-order chi connectivity index (χ1) is 12.3. The van der Waals surface area contributed by atoms with Crippen molar-refractivity contribution in [1.29, 1.82) is 0 Å². The Bertz CT molecular complexity index is 483. The van der Waals surface area contributed by atoms with Crippen LogP contribution in [-0.2, 0) is 18.3 Å². The molecule has 27 heavy (non-hydrogen) atoms. The van der Waals surface area contributed by atoms with Crippen LogP contribution < -0.4 is 5.32 Å². The summed E-state index contributed by atoms with van der Waals surface area (Å²) >= 11 is 0. The lowest BCUT2D eigenvalue weighted by Crippen LogP contribution is -2.67. The molecule has 0 rings (SSSR count). The van der Waals surface area contributed by atoms with Gasteiger partial charge in [0.2, 0.25) is 0 Å².